The Hall–Kier alpha value is -3.78. The minimum absolute atomic E-state index is 0.0230. The third kappa shape index (κ3) is 4.24. The fourth-order valence-electron chi connectivity index (χ4n) is 4.97. The van der Waals surface area contributed by atoms with Crippen LogP contribution in [0.25, 0.3) is 16.8 Å². The van der Waals surface area contributed by atoms with E-state index >= 15 is 0 Å². The van der Waals surface area contributed by atoms with Gasteiger partial charge >= 0.3 is 0 Å². The van der Waals surface area contributed by atoms with Crippen molar-refractivity contribution >= 4 is 28.7 Å². The number of fused-ring (bicyclic) bond motifs is 1. The van der Waals surface area contributed by atoms with E-state index in [4.69, 9.17) is 4.74 Å². The van der Waals surface area contributed by atoms with Crippen molar-refractivity contribution in [2.24, 2.45) is 0 Å². The summed E-state index contributed by atoms with van der Waals surface area (Å²) in [6.45, 7) is 1.69. The first-order chi connectivity index (χ1) is 16.6. The fourth-order valence-corrected chi connectivity index (χ4v) is 4.97. The maximum atomic E-state index is 13.3. The molecule has 1 atom stereocenters. The van der Waals surface area contributed by atoms with Gasteiger partial charge in [0.2, 0.25) is 5.91 Å². The number of carbonyl (C=O) groups is 2. The van der Waals surface area contributed by atoms with Crippen molar-refractivity contribution in [3.8, 4) is 0 Å². The molecule has 3 heterocycles. The number of nitrogens with zero attached hydrogens (tertiary/aromatic N) is 2. The zero-order chi connectivity index (χ0) is 23.5. The number of likely N-dealkylation sites (tertiary alicyclic amines) is 1. The van der Waals surface area contributed by atoms with Crippen LogP contribution in [-0.4, -0.2) is 58.0 Å². The van der Waals surface area contributed by atoms with Gasteiger partial charge in [0.1, 0.15) is 0 Å². The molecule has 2 amide bonds. The average molecular weight is 459 g/mol. The molecule has 5 rings (SSSR count). The van der Waals surface area contributed by atoms with Crippen LogP contribution in [0.2, 0.25) is 0 Å². The lowest BCUT2D eigenvalue weighted by atomic mass is 9.84. The number of rotatable bonds is 4. The van der Waals surface area contributed by atoms with Crippen molar-refractivity contribution in [3.05, 3.63) is 82.5 Å². The Kier molecular flexibility index (Phi) is 5.98. The zero-order valence-electron chi connectivity index (χ0n) is 18.7. The maximum Gasteiger partial charge on any atom is 0.257 e. The van der Waals surface area contributed by atoms with Crippen LogP contribution in [0.5, 0.6) is 0 Å². The van der Waals surface area contributed by atoms with Gasteiger partial charge in [0.25, 0.3) is 11.5 Å². The van der Waals surface area contributed by atoms with E-state index in [1.165, 1.54) is 24.7 Å². The van der Waals surface area contributed by atoms with Crippen molar-refractivity contribution in [3.63, 3.8) is 0 Å². The molecule has 3 aromatic rings. The average Bonchev–Trinajstić information content (AvgIpc) is 3.24. The SMILES string of the molecule is O=C(/C=C/c1cnc[nH]c1=O)NC1CCOC12CCN(C(=O)c1cccc3ccccc13)CC2. The summed E-state index contributed by atoms with van der Waals surface area (Å²) in [6.07, 6.45) is 7.53. The molecular formula is C26H26N4O4. The molecule has 0 radical (unpaired) electrons. The molecular weight excluding hydrogens is 432 g/mol. The largest absolute Gasteiger partial charge is 0.373 e. The predicted octanol–water partition coefficient (Wildman–Crippen LogP) is 2.52. The maximum absolute atomic E-state index is 13.3. The van der Waals surface area contributed by atoms with Crippen LogP contribution in [0.3, 0.4) is 0 Å². The summed E-state index contributed by atoms with van der Waals surface area (Å²) >= 11 is 0. The molecule has 2 aliphatic heterocycles. The number of amides is 2. The minimum atomic E-state index is -0.481. The van der Waals surface area contributed by atoms with Crippen LogP contribution < -0.4 is 10.9 Å². The van der Waals surface area contributed by atoms with Crippen molar-refractivity contribution < 1.29 is 14.3 Å². The Bertz CT molecular complexity index is 1300. The molecule has 0 saturated carbocycles. The highest BCUT2D eigenvalue weighted by atomic mass is 16.5. The van der Waals surface area contributed by atoms with E-state index < -0.39 is 5.60 Å². The fraction of sp³-hybridized carbons (Fsp3) is 0.308. The lowest BCUT2D eigenvalue weighted by Crippen LogP contribution is -2.56. The molecule has 174 valence electrons. The van der Waals surface area contributed by atoms with Gasteiger partial charge in [0, 0.05) is 37.5 Å². The van der Waals surface area contributed by atoms with Gasteiger partial charge in [-0.05, 0) is 42.2 Å². The van der Waals surface area contributed by atoms with Gasteiger partial charge in [0.15, 0.2) is 0 Å². The van der Waals surface area contributed by atoms with Gasteiger partial charge in [-0.15, -0.1) is 0 Å². The smallest absolute Gasteiger partial charge is 0.257 e. The van der Waals surface area contributed by atoms with Crippen LogP contribution >= 0.6 is 0 Å². The molecule has 8 nitrogen and oxygen atoms in total. The van der Waals surface area contributed by atoms with Crippen molar-refractivity contribution in [1.82, 2.24) is 20.2 Å². The summed E-state index contributed by atoms with van der Waals surface area (Å²) in [7, 11) is 0. The number of ether oxygens (including phenoxy) is 1. The number of H-pyrrole nitrogens is 1. The van der Waals surface area contributed by atoms with E-state index in [9.17, 15) is 14.4 Å². The van der Waals surface area contributed by atoms with E-state index in [1.807, 2.05) is 47.4 Å². The zero-order valence-corrected chi connectivity index (χ0v) is 18.7. The Morgan fingerprint density at radius 1 is 1.15 bits per heavy atom. The summed E-state index contributed by atoms with van der Waals surface area (Å²) in [5.41, 5.74) is 0.241. The number of piperidine rings is 1. The highest BCUT2D eigenvalue weighted by Gasteiger charge is 2.47. The molecule has 34 heavy (non-hydrogen) atoms. The number of carbonyl (C=O) groups excluding carboxylic acids is 2. The third-order valence-electron chi connectivity index (χ3n) is 6.82. The summed E-state index contributed by atoms with van der Waals surface area (Å²) in [4.78, 5) is 45.8. The Balaban J connectivity index is 1.24. The summed E-state index contributed by atoms with van der Waals surface area (Å²) in [5.74, 6) is -0.262. The molecule has 1 spiro atoms. The molecule has 2 fully saturated rings. The number of nitrogens with one attached hydrogen (secondary N) is 2. The molecule has 0 bridgehead atoms. The van der Waals surface area contributed by atoms with Gasteiger partial charge in [-0.3, -0.25) is 14.4 Å². The molecule has 8 heteroatoms. The van der Waals surface area contributed by atoms with E-state index in [0.717, 1.165) is 10.8 Å². The van der Waals surface area contributed by atoms with E-state index in [-0.39, 0.29) is 23.4 Å². The number of hydrogen-bond acceptors (Lipinski definition) is 5. The van der Waals surface area contributed by atoms with Gasteiger partial charge in [0.05, 0.1) is 23.5 Å². The van der Waals surface area contributed by atoms with Crippen LogP contribution in [0.4, 0.5) is 0 Å². The second-order valence-corrected chi connectivity index (χ2v) is 8.75. The third-order valence-corrected chi connectivity index (χ3v) is 6.82. The van der Waals surface area contributed by atoms with E-state index in [1.54, 1.807) is 0 Å². The molecule has 2 N–H and O–H groups in total. The molecule has 1 unspecified atom stereocenters. The first kappa shape index (κ1) is 22.0. The Labute approximate surface area is 196 Å². The topological polar surface area (TPSA) is 104 Å². The molecule has 2 aliphatic rings. The van der Waals surface area contributed by atoms with Crippen LogP contribution in [0.1, 0.15) is 35.2 Å². The number of aromatic amines is 1. The Morgan fingerprint density at radius 2 is 1.94 bits per heavy atom. The predicted molar refractivity (Wildman–Crippen MR) is 128 cm³/mol. The number of aromatic nitrogens is 2. The highest BCUT2D eigenvalue weighted by Crippen LogP contribution is 2.37. The number of benzene rings is 2. The molecule has 1 aromatic heterocycles. The van der Waals surface area contributed by atoms with Crippen molar-refractivity contribution in [1.29, 1.82) is 0 Å². The standard InChI is InChI=1S/C26H26N4O4/c31-23(9-8-19-16-27-17-28-24(19)32)29-22-10-15-34-26(22)11-13-30(14-12-26)25(33)21-7-3-5-18-4-1-2-6-20(18)21/h1-9,16-17,22H,10-15H2,(H,29,31)(H,27,28,32)/b9-8+. The minimum Gasteiger partial charge on any atom is -0.373 e. The van der Waals surface area contributed by atoms with Crippen LogP contribution in [-0.2, 0) is 9.53 Å². The van der Waals surface area contributed by atoms with Crippen molar-refractivity contribution in [2.45, 2.75) is 30.9 Å². The van der Waals surface area contributed by atoms with Crippen LogP contribution in [0, 0.1) is 0 Å². The van der Waals surface area contributed by atoms with Gasteiger partial charge in [-0.2, -0.15) is 0 Å². The second kappa shape index (κ2) is 9.23. The summed E-state index contributed by atoms with van der Waals surface area (Å²) in [6, 6.07) is 13.6. The highest BCUT2D eigenvalue weighted by molar-refractivity contribution is 6.07. The Morgan fingerprint density at radius 3 is 2.76 bits per heavy atom. The number of hydrogen-bond donors (Lipinski definition) is 2. The van der Waals surface area contributed by atoms with E-state index in [0.29, 0.717) is 50.1 Å². The summed E-state index contributed by atoms with van der Waals surface area (Å²) < 4.78 is 6.14. The van der Waals surface area contributed by atoms with Crippen molar-refractivity contribution in [2.75, 3.05) is 19.7 Å². The molecule has 2 saturated heterocycles. The monoisotopic (exact) mass is 458 g/mol. The van der Waals surface area contributed by atoms with Gasteiger partial charge in [-0.25, -0.2) is 4.98 Å². The normalized spacial score (nSPS) is 19.6. The van der Waals surface area contributed by atoms with Crippen LogP contribution in [0.15, 0.2) is 65.9 Å². The van der Waals surface area contributed by atoms with Gasteiger partial charge < -0.3 is 19.9 Å². The van der Waals surface area contributed by atoms with Gasteiger partial charge in [-0.1, -0.05) is 36.4 Å². The quantitative estimate of drug-likeness (QED) is 0.585. The molecule has 0 aliphatic carbocycles. The first-order valence-corrected chi connectivity index (χ1v) is 11.5. The lowest BCUT2D eigenvalue weighted by Gasteiger charge is -2.42. The second-order valence-electron chi connectivity index (χ2n) is 8.75. The lowest BCUT2D eigenvalue weighted by molar-refractivity contribution is -0.119. The summed E-state index contributed by atoms with van der Waals surface area (Å²) in [5, 5.41) is 5.04. The van der Waals surface area contributed by atoms with E-state index in [2.05, 4.69) is 15.3 Å². The first-order valence-electron chi connectivity index (χ1n) is 11.5. The molecule has 2 aromatic carbocycles.